The largest absolute Gasteiger partial charge is 0.456 e. The number of morpholine rings is 1. The average molecular weight is 419 g/mol. The maximum Gasteiger partial charge on any atom is 0.271 e. The summed E-state index contributed by atoms with van der Waals surface area (Å²) in [5.74, 6) is 0.638. The maximum absolute atomic E-state index is 11.9. The molecule has 1 N–H and O–H groups in total. The van der Waals surface area contributed by atoms with E-state index >= 15 is 0 Å². The van der Waals surface area contributed by atoms with Gasteiger partial charge in [0.15, 0.2) is 0 Å². The summed E-state index contributed by atoms with van der Waals surface area (Å²) in [6.45, 7) is 3.02. The van der Waals surface area contributed by atoms with Crippen molar-refractivity contribution in [2.24, 2.45) is 5.10 Å². The van der Waals surface area contributed by atoms with Crippen LogP contribution < -0.4 is 10.2 Å². The summed E-state index contributed by atoms with van der Waals surface area (Å²) >= 11 is 6.02. The van der Waals surface area contributed by atoms with Crippen molar-refractivity contribution in [2.45, 2.75) is 0 Å². The van der Waals surface area contributed by atoms with E-state index in [4.69, 9.17) is 21.1 Å². The summed E-state index contributed by atoms with van der Waals surface area (Å²) in [5, 5.41) is 14.8. The fraction of sp³-hybridized carbons (Fsp3) is 0.263. The third kappa shape index (κ3) is 6.24. The lowest BCUT2D eigenvalue weighted by Crippen LogP contribution is -2.42. The molecule has 0 unspecified atom stereocenters. The van der Waals surface area contributed by atoms with Crippen molar-refractivity contribution in [2.75, 3.05) is 32.8 Å². The van der Waals surface area contributed by atoms with Crippen molar-refractivity contribution >= 4 is 29.4 Å². The highest BCUT2D eigenvalue weighted by Crippen LogP contribution is 2.32. The molecular weight excluding hydrogens is 400 g/mol. The van der Waals surface area contributed by atoms with E-state index in [1.807, 2.05) is 4.90 Å². The maximum atomic E-state index is 11.9. The molecule has 9 nitrogen and oxygen atoms in total. The highest BCUT2D eigenvalue weighted by Gasteiger charge is 2.13. The van der Waals surface area contributed by atoms with E-state index in [1.165, 1.54) is 24.4 Å². The summed E-state index contributed by atoms with van der Waals surface area (Å²) in [7, 11) is 0. The molecule has 0 radical (unpaired) electrons. The van der Waals surface area contributed by atoms with Crippen LogP contribution in [0.5, 0.6) is 11.5 Å². The fourth-order valence-electron chi connectivity index (χ4n) is 2.61. The normalized spacial score (nSPS) is 14.7. The van der Waals surface area contributed by atoms with Crippen LogP contribution in [0.15, 0.2) is 47.6 Å². The molecule has 2 aromatic rings. The third-order valence-electron chi connectivity index (χ3n) is 4.11. The molecule has 0 bridgehead atoms. The Morgan fingerprint density at radius 2 is 2.00 bits per heavy atom. The van der Waals surface area contributed by atoms with E-state index in [9.17, 15) is 14.9 Å². The number of benzene rings is 2. The van der Waals surface area contributed by atoms with E-state index < -0.39 is 4.92 Å². The van der Waals surface area contributed by atoms with Gasteiger partial charge in [0, 0.05) is 25.2 Å². The first-order valence-corrected chi connectivity index (χ1v) is 9.23. The molecule has 0 aromatic heterocycles. The lowest BCUT2D eigenvalue weighted by Gasteiger charge is -2.25. The number of nitrogens with zero attached hydrogens (tertiary/aromatic N) is 3. The number of carbonyl (C=O) groups is 1. The Kier molecular flexibility index (Phi) is 7.12. The summed E-state index contributed by atoms with van der Waals surface area (Å²) in [6.07, 6.45) is 1.53. The molecule has 2 aromatic carbocycles. The number of rotatable bonds is 7. The molecule has 1 aliphatic heterocycles. The molecule has 1 saturated heterocycles. The Hall–Kier alpha value is -3.01. The summed E-state index contributed by atoms with van der Waals surface area (Å²) in [5.41, 5.74) is 3.15. The van der Waals surface area contributed by atoms with E-state index in [0.29, 0.717) is 24.7 Å². The number of carbonyl (C=O) groups excluding carboxylic acids is 1. The van der Waals surface area contributed by atoms with Gasteiger partial charge in [0.2, 0.25) is 0 Å². The van der Waals surface area contributed by atoms with Crippen LogP contribution in [0.3, 0.4) is 0 Å². The molecule has 152 valence electrons. The molecule has 10 heteroatoms. The zero-order valence-corrected chi connectivity index (χ0v) is 16.2. The van der Waals surface area contributed by atoms with Crippen LogP contribution in [0.25, 0.3) is 0 Å². The number of hydrogen-bond donors (Lipinski definition) is 1. The van der Waals surface area contributed by atoms with Gasteiger partial charge in [0.1, 0.15) is 11.5 Å². The number of amides is 1. The number of hydrazone groups is 1. The van der Waals surface area contributed by atoms with Crippen molar-refractivity contribution in [3.8, 4) is 11.5 Å². The first-order chi connectivity index (χ1) is 14.0. The highest BCUT2D eigenvalue weighted by atomic mass is 35.5. The van der Waals surface area contributed by atoms with Crippen LogP contribution in [-0.4, -0.2) is 54.8 Å². The van der Waals surface area contributed by atoms with Crippen molar-refractivity contribution in [1.29, 1.82) is 0 Å². The SMILES string of the molecule is O=C(CN1CCOCC1)N/N=C/c1ccc(Oc2ccc([N+](=O)[O-])cc2Cl)cc1. The second-order valence-corrected chi connectivity index (χ2v) is 6.63. The summed E-state index contributed by atoms with van der Waals surface area (Å²) in [4.78, 5) is 24.1. The Morgan fingerprint density at radius 3 is 2.66 bits per heavy atom. The number of ether oxygens (including phenoxy) is 2. The minimum atomic E-state index is -0.524. The van der Waals surface area contributed by atoms with Crippen LogP contribution in [-0.2, 0) is 9.53 Å². The van der Waals surface area contributed by atoms with Crippen molar-refractivity contribution in [1.82, 2.24) is 10.3 Å². The second-order valence-electron chi connectivity index (χ2n) is 6.22. The molecule has 0 atom stereocenters. The van der Waals surface area contributed by atoms with Gasteiger partial charge in [-0.15, -0.1) is 0 Å². The molecule has 1 fully saturated rings. The van der Waals surface area contributed by atoms with Crippen LogP contribution in [0.2, 0.25) is 5.02 Å². The van der Waals surface area contributed by atoms with E-state index in [-0.39, 0.29) is 23.2 Å². The summed E-state index contributed by atoms with van der Waals surface area (Å²) < 4.78 is 10.9. The van der Waals surface area contributed by atoms with Gasteiger partial charge in [-0.05, 0) is 35.9 Å². The fourth-order valence-corrected chi connectivity index (χ4v) is 2.82. The first-order valence-electron chi connectivity index (χ1n) is 8.85. The van der Waals surface area contributed by atoms with Crippen molar-refractivity contribution < 1.29 is 19.2 Å². The number of nitrogens with one attached hydrogen (secondary N) is 1. The van der Waals surface area contributed by atoms with Gasteiger partial charge in [-0.25, -0.2) is 5.43 Å². The molecule has 1 amide bonds. The Balaban J connectivity index is 1.51. The van der Waals surface area contributed by atoms with Gasteiger partial charge < -0.3 is 9.47 Å². The van der Waals surface area contributed by atoms with Crippen LogP contribution >= 0.6 is 11.6 Å². The minimum absolute atomic E-state index is 0.107. The van der Waals surface area contributed by atoms with E-state index in [1.54, 1.807) is 24.3 Å². The Morgan fingerprint density at radius 1 is 1.28 bits per heavy atom. The number of nitro groups is 1. The zero-order chi connectivity index (χ0) is 20.6. The van der Waals surface area contributed by atoms with Crippen LogP contribution in [0.4, 0.5) is 5.69 Å². The lowest BCUT2D eigenvalue weighted by molar-refractivity contribution is -0.384. The van der Waals surface area contributed by atoms with Crippen molar-refractivity contribution in [3.63, 3.8) is 0 Å². The van der Waals surface area contributed by atoms with Gasteiger partial charge in [-0.1, -0.05) is 11.6 Å². The number of non-ortho nitro benzene ring substituents is 1. The quantitative estimate of drug-likeness (QED) is 0.421. The summed E-state index contributed by atoms with van der Waals surface area (Å²) in [6, 6.07) is 10.9. The molecule has 0 saturated carbocycles. The van der Waals surface area contributed by atoms with E-state index in [0.717, 1.165) is 18.7 Å². The smallest absolute Gasteiger partial charge is 0.271 e. The van der Waals surface area contributed by atoms with Crippen molar-refractivity contribution in [3.05, 3.63) is 63.2 Å². The molecular formula is C19H19ClN4O5. The predicted molar refractivity (Wildman–Crippen MR) is 108 cm³/mol. The molecule has 0 aliphatic carbocycles. The second kappa shape index (κ2) is 9.97. The third-order valence-corrected chi connectivity index (χ3v) is 4.40. The standard InChI is InChI=1S/C19H19ClN4O5/c20-17-11-15(24(26)27)3-6-18(17)29-16-4-1-14(2-5-16)12-21-22-19(25)13-23-7-9-28-10-8-23/h1-6,11-12H,7-10,13H2,(H,22,25)/b21-12+. The van der Waals surface area contributed by atoms with Gasteiger partial charge >= 0.3 is 0 Å². The van der Waals surface area contributed by atoms with Gasteiger partial charge in [0.25, 0.3) is 11.6 Å². The van der Waals surface area contributed by atoms with Gasteiger partial charge in [-0.3, -0.25) is 19.8 Å². The average Bonchev–Trinajstić information content (AvgIpc) is 2.71. The zero-order valence-electron chi connectivity index (χ0n) is 15.4. The molecule has 1 heterocycles. The van der Waals surface area contributed by atoms with Gasteiger partial charge in [0.05, 0.1) is 35.9 Å². The number of hydrogen-bond acceptors (Lipinski definition) is 7. The molecule has 29 heavy (non-hydrogen) atoms. The number of halogens is 1. The molecule has 3 rings (SSSR count). The Bertz CT molecular complexity index is 898. The molecule has 1 aliphatic rings. The van der Waals surface area contributed by atoms with Crippen LogP contribution in [0, 0.1) is 10.1 Å². The van der Waals surface area contributed by atoms with Gasteiger partial charge in [-0.2, -0.15) is 5.10 Å². The predicted octanol–water partition coefficient (Wildman–Crippen LogP) is 2.82. The monoisotopic (exact) mass is 418 g/mol. The molecule has 0 spiro atoms. The number of nitro benzene ring substituents is 1. The van der Waals surface area contributed by atoms with Crippen LogP contribution in [0.1, 0.15) is 5.56 Å². The lowest BCUT2D eigenvalue weighted by atomic mass is 10.2. The minimum Gasteiger partial charge on any atom is -0.456 e. The highest BCUT2D eigenvalue weighted by molar-refractivity contribution is 6.32. The first kappa shape index (κ1) is 20.7. The Labute approximate surface area is 172 Å². The topological polar surface area (TPSA) is 106 Å². The van der Waals surface area contributed by atoms with E-state index in [2.05, 4.69) is 10.5 Å².